The average molecular weight is 446 g/mol. The fraction of sp³-hybridized carbons (Fsp3) is 0.741. The molecular formula is C27H43NO4. The zero-order valence-corrected chi connectivity index (χ0v) is 19.8. The van der Waals surface area contributed by atoms with E-state index >= 15 is 0 Å². The number of fused-ring (bicyclic) bond motifs is 2. The summed E-state index contributed by atoms with van der Waals surface area (Å²) in [5.41, 5.74) is 0.479. The monoisotopic (exact) mass is 445 g/mol. The normalized spacial score (nSPS) is 26.3. The van der Waals surface area contributed by atoms with Crippen LogP contribution < -0.4 is 5.32 Å². The lowest BCUT2D eigenvalue weighted by Gasteiger charge is -2.32. The average Bonchev–Trinajstić information content (AvgIpc) is 3.37. The largest absolute Gasteiger partial charge is 0.481 e. The quantitative estimate of drug-likeness (QED) is 0.314. The number of ether oxygens (including phenoxy) is 1. The van der Waals surface area contributed by atoms with Gasteiger partial charge in [0.05, 0.1) is 17.8 Å². The van der Waals surface area contributed by atoms with Crippen molar-refractivity contribution in [3.63, 3.8) is 0 Å². The highest BCUT2D eigenvalue weighted by atomic mass is 16.5. The maximum Gasteiger partial charge on any atom is 0.303 e. The molecular weight excluding hydrogens is 402 g/mol. The Balaban J connectivity index is 1.46. The maximum absolute atomic E-state index is 11.4. The minimum Gasteiger partial charge on any atom is -0.481 e. The zero-order chi connectivity index (χ0) is 22.8. The van der Waals surface area contributed by atoms with Crippen LogP contribution >= 0.6 is 0 Å². The van der Waals surface area contributed by atoms with Gasteiger partial charge in [-0.3, -0.25) is 4.79 Å². The van der Waals surface area contributed by atoms with Crippen molar-refractivity contribution in [2.24, 2.45) is 11.8 Å². The molecule has 180 valence electrons. The highest BCUT2D eigenvalue weighted by Crippen LogP contribution is 2.45. The van der Waals surface area contributed by atoms with Gasteiger partial charge in [-0.25, -0.2) is 0 Å². The molecule has 0 radical (unpaired) electrons. The first-order valence-corrected chi connectivity index (χ1v) is 12.8. The fourth-order valence-electron chi connectivity index (χ4n) is 5.76. The van der Waals surface area contributed by atoms with E-state index in [4.69, 9.17) is 9.84 Å². The van der Waals surface area contributed by atoms with Gasteiger partial charge in [-0.1, -0.05) is 69.4 Å². The van der Waals surface area contributed by atoms with Gasteiger partial charge in [0.15, 0.2) is 0 Å². The fourth-order valence-corrected chi connectivity index (χ4v) is 5.76. The first-order valence-electron chi connectivity index (χ1n) is 12.8. The number of nitrogens with one attached hydrogen (secondary N) is 1. The molecule has 5 atom stereocenters. The van der Waals surface area contributed by atoms with Crippen molar-refractivity contribution in [3.8, 4) is 0 Å². The number of aliphatic hydroxyl groups is 1. The molecule has 5 nitrogen and oxygen atoms in total. The lowest BCUT2D eigenvalue weighted by molar-refractivity contribution is -0.137. The van der Waals surface area contributed by atoms with E-state index in [2.05, 4.69) is 24.4 Å². The Morgan fingerprint density at radius 1 is 1.06 bits per heavy atom. The minimum atomic E-state index is -0.713. The SMILES string of the molecule is CCCCC(O)(CNCC1C2CCC(O2)C1CCCCCCC(=O)O)Cc1ccccc1. The molecule has 1 aromatic rings. The molecule has 2 aliphatic heterocycles. The molecule has 2 saturated heterocycles. The van der Waals surface area contributed by atoms with Crippen LogP contribution in [0.3, 0.4) is 0 Å². The van der Waals surface area contributed by atoms with Gasteiger partial charge < -0.3 is 20.3 Å². The van der Waals surface area contributed by atoms with E-state index < -0.39 is 11.6 Å². The molecule has 5 unspecified atom stereocenters. The number of carbonyl (C=O) groups is 1. The van der Waals surface area contributed by atoms with Crippen LogP contribution in [-0.2, 0) is 16.0 Å². The van der Waals surface area contributed by atoms with E-state index in [0.717, 1.165) is 57.9 Å². The Morgan fingerprint density at radius 2 is 1.78 bits per heavy atom. The number of benzene rings is 1. The molecule has 32 heavy (non-hydrogen) atoms. The standard InChI is InChI=1S/C27H43NO4/c1-2-3-17-27(31,18-21-11-7-6-8-12-21)20-28-19-23-22(24-15-16-25(23)32-24)13-9-4-5-10-14-26(29)30/h6-8,11-12,22-25,28,31H,2-5,9-10,13-20H2,1H3,(H,29,30). The van der Waals surface area contributed by atoms with Gasteiger partial charge in [0.1, 0.15) is 0 Å². The molecule has 5 heteroatoms. The Labute approximate surface area is 193 Å². The van der Waals surface area contributed by atoms with Gasteiger partial charge in [-0.05, 0) is 43.6 Å². The van der Waals surface area contributed by atoms with Gasteiger partial charge in [0.2, 0.25) is 0 Å². The van der Waals surface area contributed by atoms with Crippen molar-refractivity contribution in [1.82, 2.24) is 5.32 Å². The second kappa shape index (κ2) is 12.7. The number of unbranched alkanes of at least 4 members (excludes halogenated alkanes) is 4. The summed E-state index contributed by atoms with van der Waals surface area (Å²) in [4.78, 5) is 10.7. The summed E-state index contributed by atoms with van der Waals surface area (Å²) >= 11 is 0. The summed E-state index contributed by atoms with van der Waals surface area (Å²) in [5.74, 6) is 0.433. The van der Waals surface area contributed by atoms with Crippen LogP contribution in [0, 0.1) is 11.8 Å². The predicted molar refractivity (Wildman–Crippen MR) is 128 cm³/mol. The Hall–Kier alpha value is -1.43. The molecule has 2 bridgehead atoms. The molecule has 2 heterocycles. The summed E-state index contributed by atoms with van der Waals surface area (Å²) in [6, 6.07) is 10.3. The van der Waals surface area contributed by atoms with Crippen molar-refractivity contribution in [3.05, 3.63) is 35.9 Å². The summed E-state index contributed by atoms with van der Waals surface area (Å²) in [6.07, 6.45) is 12.2. The topological polar surface area (TPSA) is 78.8 Å². The maximum atomic E-state index is 11.4. The van der Waals surface area contributed by atoms with Crippen molar-refractivity contribution in [1.29, 1.82) is 0 Å². The van der Waals surface area contributed by atoms with E-state index in [9.17, 15) is 9.90 Å². The van der Waals surface area contributed by atoms with Gasteiger partial charge in [0.25, 0.3) is 0 Å². The smallest absolute Gasteiger partial charge is 0.303 e. The van der Waals surface area contributed by atoms with Crippen molar-refractivity contribution < 1.29 is 19.7 Å². The second-order valence-corrected chi connectivity index (χ2v) is 10.1. The van der Waals surface area contributed by atoms with Gasteiger partial charge in [-0.2, -0.15) is 0 Å². The van der Waals surface area contributed by atoms with Crippen LogP contribution in [0.1, 0.15) is 83.1 Å². The molecule has 0 aromatic heterocycles. The van der Waals surface area contributed by atoms with Crippen molar-refractivity contribution in [2.75, 3.05) is 13.1 Å². The molecule has 0 spiro atoms. The van der Waals surface area contributed by atoms with E-state index in [1.807, 2.05) is 18.2 Å². The number of rotatable bonds is 16. The highest BCUT2D eigenvalue weighted by Gasteiger charge is 2.48. The second-order valence-electron chi connectivity index (χ2n) is 10.1. The summed E-state index contributed by atoms with van der Waals surface area (Å²) in [5, 5.41) is 23.8. The molecule has 0 aliphatic carbocycles. The Morgan fingerprint density at radius 3 is 2.50 bits per heavy atom. The lowest BCUT2D eigenvalue weighted by atomic mass is 9.76. The predicted octanol–water partition coefficient (Wildman–Crippen LogP) is 4.96. The van der Waals surface area contributed by atoms with Crippen molar-refractivity contribution >= 4 is 5.97 Å². The van der Waals surface area contributed by atoms with E-state index in [1.54, 1.807) is 0 Å². The molecule has 3 N–H and O–H groups in total. The van der Waals surface area contributed by atoms with E-state index in [1.165, 1.54) is 18.4 Å². The molecule has 1 aromatic carbocycles. The Bertz CT molecular complexity index is 681. The summed E-state index contributed by atoms with van der Waals surface area (Å²) in [6.45, 7) is 3.71. The molecule has 0 amide bonds. The lowest BCUT2D eigenvalue weighted by Crippen LogP contribution is -2.45. The number of hydrogen-bond donors (Lipinski definition) is 3. The number of hydrogen-bond acceptors (Lipinski definition) is 4. The third kappa shape index (κ3) is 7.57. The first kappa shape index (κ1) is 25.2. The zero-order valence-electron chi connectivity index (χ0n) is 19.8. The van der Waals surface area contributed by atoms with E-state index in [0.29, 0.717) is 37.0 Å². The number of carboxylic acids is 1. The molecule has 2 aliphatic rings. The highest BCUT2D eigenvalue weighted by molar-refractivity contribution is 5.66. The summed E-state index contributed by atoms with van der Waals surface area (Å²) in [7, 11) is 0. The van der Waals surface area contributed by atoms with Crippen LogP contribution in [0.4, 0.5) is 0 Å². The third-order valence-corrected chi connectivity index (χ3v) is 7.47. The van der Waals surface area contributed by atoms with Crippen LogP contribution in [0.5, 0.6) is 0 Å². The molecule has 3 rings (SSSR count). The summed E-state index contributed by atoms with van der Waals surface area (Å²) < 4.78 is 6.27. The van der Waals surface area contributed by atoms with Crippen molar-refractivity contribution in [2.45, 2.75) is 102 Å². The third-order valence-electron chi connectivity index (χ3n) is 7.47. The first-order chi connectivity index (χ1) is 15.5. The minimum absolute atomic E-state index is 0.285. The van der Waals surface area contributed by atoms with Gasteiger partial charge >= 0.3 is 5.97 Å². The van der Waals surface area contributed by atoms with Crippen LogP contribution in [0.15, 0.2) is 30.3 Å². The Kier molecular flexibility index (Phi) is 10.0. The van der Waals surface area contributed by atoms with Crippen LogP contribution in [0.25, 0.3) is 0 Å². The molecule has 2 fully saturated rings. The van der Waals surface area contributed by atoms with Gasteiger partial charge in [0, 0.05) is 31.8 Å². The van der Waals surface area contributed by atoms with E-state index in [-0.39, 0.29) is 6.42 Å². The van der Waals surface area contributed by atoms with Gasteiger partial charge in [-0.15, -0.1) is 0 Å². The van der Waals surface area contributed by atoms with Crippen LogP contribution in [0.2, 0.25) is 0 Å². The molecule has 0 saturated carbocycles. The number of carboxylic acid groups (broad SMARTS) is 1. The van der Waals surface area contributed by atoms with Crippen LogP contribution in [-0.4, -0.2) is 47.1 Å². The number of aliphatic carboxylic acids is 1.